The van der Waals surface area contributed by atoms with Gasteiger partial charge in [-0.25, -0.2) is 13.2 Å². The maximum atomic E-state index is 13.2. The van der Waals surface area contributed by atoms with E-state index >= 15 is 0 Å². The SMILES string of the molecule is CCCCCCn1cc(S(=O)(=O)N(C[C@H]2CCOC2)C2CC2)c(=O)[nH]c1=O. The molecule has 9 heteroatoms. The fourth-order valence-corrected chi connectivity index (χ4v) is 5.27. The van der Waals surface area contributed by atoms with Gasteiger partial charge < -0.3 is 4.74 Å². The minimum absolute atomic E-state index is 0.0556. The van der Waals surface area contributed by atoms with Crippen LogP contribution in [0.3, 0.4) is 0 Å². The first kappa shape index (κ1) is 20.3. The van der Waals surface area contributed by atoms with Crippen molar-refractivity contribution in [3.63, 3.8) is 0 Å². The molecule has 2 heterocycles. The zero-order valence-corrected chi connectivity index (χ0v) is 16.7. The summed E-state index contributed by atoms with van der Waals surface area (Å²) in [5.74, 6) is 0.152. The molecule has 2 fully saturated rings. The molecule has 152 valence electrons. The minimum Gasteiger partial charge on any atom is -0.381 e. The van der Waals surface area contributed by atoms with Crippen molar-refractivity contribution < 1.29 is 13.2 Å². The third-order valence-corrected chi connectivity index (χ3v) is 7.14. The van der Waals surface area contributed by atoms with Crippen LogP contribution < -0.4 is 11.2 Å². The maximum absolute atomic E-state index is 13.2. The first-order valence-electron chi connectivity index (χ1n) is 9.87. The minimum atomic E-state index is -3.96. The van der Waals surface area contributed by atoms with Gasteiger partial charge in [-0.15, -0.1) is 0 Å². The summed E-state index contributed by atoms with van der Waals surface area (Å²) in [5.41, 5.74) is -1.39. The van der Waals surface area contributed by atoms with Crippen LogP contribution in [0.15, 0.2) is 20.7 Å². The number of H-pyrrole nitrogens is 1. The number of hydrogen-bond donors (Lipinski definition) is 1. The molecule has 1 aliphatic heterocycles. The Morgan fingerprint density at radius 1 is 1.22 bits per heavy atom. The van der Waals surface area contributed by atoms with Crippen LogP contribution in [0.5, 0.6) is 0 Å². The number of aromatic amines is 1. The van der Waals surface area contributed by atoms with Gasteiger partial charge in [0.2, 0.25) is 10.0 Å². The Morgan fingerprint density at radius 3 is 2.63 bits per heavy atom. The summed E-state index contributed by atoms with van der Waals surface area (Å²) < 4.78 is 34.5. The molecule has 8 nitrogen and oxygen atoms in total. The van der Waals surface area contributed by atoms with Crippen LogP contribution in [-0.2, 0) is 21.3 Å². The van der Waals surface area contributed by atoms with Crippen LogP contribution >= 0.6 is 0 Å². The summed E-state index contributed by atoms with van der Waals surface area (Å²) in [5, 5.41) is 0. The van der Waals surface area contributed by atoms with Gasteiger partial charge in [-0.1, -0.05) is 26.2 Å². The molecule has 1 N–H and O–H groups in total. The Balaban J connectivity index is 1.85. The summed E-state index contributed by atoms with van der Waals surface area (Å²) >= 11 is 0. The van der Waals surface area contributed by atoms with E-state index in [4.69, 9.17) is 4.74 Å². The second-order valence-electron chi connectivity index (χ2n) is 7.54. The van der Waals surface area contributed by atoms with Crippen LogP contribution in [0.25, 0.3) is 0 Å². The van der Waals surface area contributed by atoms with Crippen molar-refractivity contribution in [1.82, 2.24) is 13.9 Å². The third kappa shape index (κ3) is 4.89. The van der Waals surface area contributed by atoms with Gasteiger partial charge >= 0.3 is 5.69 Å². The van der Waals surface area contributed by atoms with Gasteiger partial charge in [0.1, 0.15) is 0 Å². The molecule has 27 heavy (non-hydrogen) atoms. The summed E-state index contributed by atoms with van der Waals surface area (Å²) in [4.78, 5) is 26.2. The third-order valence-electron chi connectivity index (χ3n) is 5.23. The molecule has 0 radical (unpaired) electrons. The number of hydrogen-bond acceptors (Lipinski definition) is 5. The predicted molar refractivity (Wildman–Crippen MR) is 101 cm³/mol. The lowest BCUT2D eigenvalue weighted by Crippen LogP contribution is -2.42. The lowest BCUT2D eigenvalue weighted by atomic mass is 10.1. The van der Waals surface area contributed by atoms with Crippen molar-refractivity contribution in [3.05, 3.63) is 27.0 Å². The lowest BCUT2D eigenvalue weighted by Gasteiger charge is -2.24. The zero-order valence-electron chi connectivity index (χ0n) is 15.9. The van der Waals surface area contributed by atoms with E-state index in [0.29, 0.717) is 26.3 Å². The molecule has 1 aliphatic carbocycles. The molecule has 0 bridgehead atoms. The van der Waals surface area contributed by atoms with Gasteiger partial charge in [0, 0.05) is 31.9 Å². The topological polar surface area (TPSA) is 101 Å². The molecule has 0 amide bonds. The highest BCUT2D eigenvalue weighted by atomic mass is 32.2. The molecule has 0 spiro atoms. The smallest absolute Gasteiger partial charge is 0.328 e. The Labute approximate surface area is 159 Å². The second-order valence-corrected chi connectivity index (χ2v) is 9.40. The van der Waals surface area contributed by atoms with Gasteiger partial charge in [0.15, 0.2) is 4.90 Å². The molecule has 2 aliphatic rings. The predicted octanol–water partition coefficient (Wildman–Crippen LogP) is 1.31. The molecule has 1 saturated heterocycles. The molecule has 1 atom stereocenters. The number of ether oxygens (including phenoxy) is 1. The molecule has 0 unspecified atom stereocenters. The highest BCUT2D eigenvalue weighted by Crippen LogP contribution is 2.33. The van der Waals surface area contributed by atoms with E-state index in [1.165, 1.54) is 15.1 Å². The highest BCUT2D eigenvalue weighted by Gasteiger charge is 2.41. The molecular formula is C18H29N3O5S. The fourth-order valence-electron chi connectivity index (χ4n) is 3.46. The quantitative estimate of drug-likeness (QED) is 0.598. The summed E-state index contributed by atoms with van der Waals surface area (Å²) in [6, 6.07) is -0.0556. The van der Waals surface area contributed by atoms with Crippen LogP contribution in [-0.4, -0.2) is 48.1 Å². The maximum Gasteiger partial charge on any atom is 0.328 e. The van der Waals surface area contributed by atoms with Crippen LogP contribution in [0, 0.1) is 5.92 Å². The second kappa shape index (κ2) is 8.70. The van der Waals surface area contributed by atoms with Gasteiger partial charge in [0.25, 0.3) is 5.56 Å². The van der Waals surface area contributed by atoms with Crippen molar-refractivity contribution in [3.8, 4) is 0 Å². The molecule has 3 rings (SSSR count). The molecule has 1 aromatic heterocycles. The van der Waals surface area contributed by atoms with E-state index < -0.39 is 21.3 Å². The van der Waals surface area contributed by atoms with Crippen molar-refractivity contribution in [2.45, 2.75) is 69.4 Å². The summed E-state index contributed by atoms with van der Waals surface area (Å²) in [6.07, 6.45) is 7.52. The lowest BCUT2D eigenvalue weighted by molar-refractivity contribution is 0.180. The van der Waals surface area contributed by atoms with Crippen LogP contribution in [0.1, 0.15) is 51.9 Å². The number of aromatic nitrogens is 2. The monoisotopic (exact) mass is 399 g/mol. The Hall–Kier alpha value is -1.45. The molecular weight excluding hydrogens is 370 g/mol. The number of aryl methyl sites for hydroxylation is 1. The Kier molecular flexibility index (Phi) is 6.54. The van der Waals surface area contributed by atoms with Crippen LogP contribution in [0.2, 0.25) is 0 Å². The molecule has 0 aromatic carbocycles. The number of sulfonamides is 1. The van der Waals surface area contributed by atoms with Crippen molar-refractivity contribution in [1.29, 1.82) is 0 Å². The van der Waals surface area contributed by atoms with E-state index in [9.17, 15) is 18.0 Å². The first-order chi connectivity index (χ1) is 12.9. The summed E-state index contributed by atoms with van der Waals surface area (Å²) in [6.45, 7) is 4.05. The average molecular weight is 400 g/mol. The van der Waals surface area contributed by atoms with Gasteiger partial charge in [-0.05, 0) is 31.6 Å². The van der Waals surface area contributed by atoms with Crippen molar-refractivity contribution >= 4 is 10.0 Å². The van der Waals surface area contributed by atoms with E-state index in [-0.39, 0.29) is 16.9 Å². The van der Waals surface area contributed by atoms with E-state index in [1.807, 2.05) is 0 Å². The summed E-state index contributed by atoms with van der Waals surface area (Å²) in [7, 11) is -3.96. The number of nitrogens with zero attached hydrogens (tertiary/aromatic N) is 2. The van der Waals surface area contributed by atoms with Gasteiger partial charge in [0.05, 0.1) is 6.61 Å². The standard InChI is InChI=1S/C18H29N3O5S/c1-2-3-4-5-9-20-12-16(17(22)19-18(20)23)27(24,25)21(15-6-7-15)11-14-8-10-26-13-14/h12,14-15H,2-11,13H2,1H3,(H,19,22,23)/t14-/m1/s1. The van der Waals surface area contributed by atoms with Crippen molar-refractivity contribution in [2.24, 2.45) is 5.92 Å². The Bertz CT molecular complexity index is 850. The van der Waals surface area contributed by atoms with E-state index in [0.717, 1.165) is 44.9 Å². The zero-order chi connectivity index (χ0) is 19.4. The van der Waals surface area contributed by atoms with E-state index in [1.54, 1.807) is 0 Å². The molecule has 1 aromatic rings. The average Bonchev–Trinajstić information content (AvgIpc) is 3.33. The number of unbranched alkanes of at least 4 members (excludes halogenated alkanes) is 3. The van der Waals surface area contributed by atoms with E-state index in [2.05, 4.69) is 11.9 Å². The first-order valence-corrected chi connectivity index (χ1v) is 11.3. The number of rotatable bonds is 10. The number of nitrogens with one attached hydrogen (secondary N) is 1. The van der Waals surface area contributed by atoms with Gasteiger partial charge in [-0.3, -0.25) is 14.3 Å². The normalized spacial score (nSPS) is 20.4. The van der Waals surface area contributed by atoms with Crippen molar-refractivity contribution in [2.75, 3.05) is 19.8 Å². The Morgan fingerprint density at radius 2 is 2.00 bits per heavy atom. The van der Waals surface area contributed by atoms with Crippen LogP contribution in [0.4, 0.5) is 0 Å². The molecule has 1 saturated carbocycles. The van der Waals surface area contributed by atoms with Gasteiger partial charge in [-0.2, -0.15) is 4.31 Å². The largest absolute Gasteiger partial charge is 0.381 e. The fraction of sp³-hybridized carbons (Fsp3) is 0.778. The highest BCUT2D eigenvalue weighted by molar-refractivity contribution is 7.89.